The van der Waals surface area contributed by atoms with Crippen molar-refractivity contribution in [3.8, 4) is 17.6 Å². The van der Waals surface area contributed by atoms with Crippen molar-refractivity contribution >= 4 is 23.6 Å². The lowest BCUT2D eigenvalue weighted by molar-refractivity contribution is -0.120. The Bertz CT molecular complexity index is 870. The van der Waals surface area contributed by atoms with Gasteiger partial charge in [-0.05, 0) is 35.9 Å². The number of methoxy groups -OCH3 is 1. The normalized spacial score (nSPS) is 10.5. The number of nitrogens with one attached hydrogen (secondary N) is 1. The summed E-state index contributed by atoms with van der Waals surface area (Å²) in [6, 6.07) is 15.5. The maximum absolute atomic E-state index is 12.2. The third-order valence-corrected chi connectivity index (χ3v) is 3.27. The van der Waals surface area contributed by atoms with Crippen LogP contribution in [-0.2, 0) is 9.59 Å². The maximum atomic E-state index is 12.2. The number of rotatable bonds is 7. The summed E-state index contributed by atoms with van der Waals surface area (Å²) in [6.07, 6.45) is 1.43. The van der Waals surface area contributed by atoms with E-state index in [-0.39, 0.29) is 12.2 Å². The van der Waals surface area contributed by atoms with Gasteiger partial charge in [0.05, 0.1) is 7.11 Å². The first-order chi connectivity index (χ1) is 12.5. The Hall–Kier alpha value is -3.79. The lowest BCUT2D eigenvalue weighted by Crippen LogP contribution is -2.20. The fraction of sp³-hybridized carbons (Fsp3) is 0.105. The second-order valence-corrected chi connectivity index (χ2v) is 5.16. The lowest BCUT2D eigenvalue weighted by Gasteiger charge is -2.10. The molecule has 0 unspecified atom stereocenters. The minimum absolute atomic E-state index is 0.0679. The number of nitrogens with two attached hydrogens (primary N) is 1. The van der Waals surface area contributed by atoms with E-state index in [9.17, 15) is 14.9 Å². The zero-order valence-electron chi connectivity index (χ0n) is 14.1. The molecule has 0 aliphatic heterocycles. The number of hydrogen-bond acceptors (Lipinski definition) is 5. The van der Waals surface area contributed by atoms with E-state index in [1.165, 1.54) is 13.2 Å². The Labute approximate surface area is 150 Å². The van der Waals surface area contributed by atoms with Crippen LogP contribution in [0.3, 0.4) is 0 Å². The summed E-state index contributed by atoms with van der Waals surface area (Å²) in [7, 11) is 1.44. The third-order valence-electron chi connectivity index (χ3n) is 3.27. The molecule has 0 aliphatic carbocycles. The van der Waals surface area contributed by atoms with E-state index in [1.54, 1.807) is 42.5 Å². The van der Waals surface area contributed by atoms with Crippen molar-refractivity contribution in [1.29, 1.82) is 5.26 Å². The number of carbonyl (C=O) groups excluding carboxylic acids is 2. The molecular formula is C19H17N3O4. The molecule has 0 atom stereocenters. The number of amides is 2. The summed E-state index contributed by atoms with van der Waals surface area (Å²) in [5, 5.41) is 11.9. The van der Waals surface area contributed by atoms with Gasteiger partial charge in [0.15, 0.2) is 18.1 Å². The van der Waals surface area contributed by atoms with E-state index < -0.39 is 11.8 Å². The van der Waals surface area contributed by atoms with Gasteiger partial charge in [0.2, 0.25) is 0 Å². The van der Waals surface area contributed by atoms with E-state index in [1.807, 2.05) is 12.1 Å². The van der Waals surface area contributed by atoms with Gasteiger partial charge in [-0.3, -0.25) is 9.59 Å². The molecule has 0 aliphatic rings. The van der Waals surface area contributed by atoms with E-state index in [0.29, 0.717) is 22.7 Å². The van der Waals surface area contributed by atoms with Gasteiger partial charge in [-0.15, -0.1) is 0 Å². The number of carbonyl (C=O) groups is 2. The highest BCUT2D eigenvalue weighted by Gasteiger charge is 2.11. The summed E-state index contributed by atoms with van der Waals surface area (Å²) in [5.41, 5.74) is 6.13. The van der Waals surface area contributed by atoms with Crippen LogP contribution in [0.15, 0.2) is 54.1 Å². The Balaban J connectivity index is 2.21. The lowest BCUT2D eigenvalue weighted by atomic mass is 10.1. The molecule has 132 valence electrons. The number of nitriles is 1. The SMILES string of the molecule is COc1cc(/C=C(\C#N)C(=O)Nc2ccccc2)ccc1OCC(N)=O. The molecule has 0 saturated carbocycles. The van der Waals surface area contributed by atoms with Crippen molar-refractivity contribution in [1.82, 2.24) is 0 Å². The average molecular weight is 351 g/mol. The third kappa shape index (κ3) is 5.11. The first-order valence-electron chi connectivity index (χ1n) is 7.61. The van der Waals surface area contributed by atoms with E-state index >= 15 is 0 Å². The van der Waals surface area contributed by atoms with Gasteiger partial charge >= 0.3 is 0 Å². The van der Waals surface area contributed by atoms with Gasteiger partial charge in [-0.1, -0.05) is 24.3 Å². The van der Waals surface area contributed by atoms with Crippen molar-refractivity contribution in [3.63, 3.8) is 0 Å². The zero-order chi connectivity index (χ0) is 18.9. The van der Waals surface area contributed by atoms with Crippen molar-refractivity contribution in [3.05, 3.63) is 59.7 Å². The molecule has 0 aromatic heterocycles. The number of benzene rings is 2. The number of nitrogens with zero attached hydrogens (tertiary/aromatic N) is 1. The zero-order valence-corrected chi connectivity index (χ0v) is 14.1. The van der Waals surface area contributed by atoms with Gasteiger partial charge in [-0.25, -0.2) is 0 Å². The molecular weight excluding hydrogens is 334 g/mol. The first-order valence-corrected chi connectivity index (χ1v) is 7.61. The topological polar surface area (TPSA) is 114 Å². The highest BCUT2D eigenvalue weighted by atomic mass is 16.5. The fourth-order valence-corrected chi connectivity index (χ4v) is 2.08. The highest BCUT2D eigenvalue weighted by Crippen LogP contribution is 2.29. The van der Waals surface area contributed by atoms with Crippen LogP contribution < -0.4 is 20.5 Å². The molecule has 2 rings (SSSR count). The van der Waals surface area contributed by atoms with Crippen LogP contribution in [-0.4, -0.2) is 25.5 Å². The minimum Gasteiger partial charge on any atom is -0.493 e. The van der Waals surface area contributed by atoms with Crippen LogP contribution in [0.1, 0.15) is 5.56 Å². The molecule has 2 amide bonds. The summed E-state index contributed by atoms with van der Waals surface area (Å²) in [5.74, 6) is -0.455. The number of hydrogen-bond donors (Lipinski definition) is 2. The molecule has 26 heavy (non-hydrogen) atoms. The van der Waals surface area contributed by atoms with Crippen LogP contribution in [0.5, 0.6) is 11.5 Å². The predicted molar refractivity (Wildman–Crippen MR) is 96.3 cm³/mol. The molecule has 2 aromatic carbocycles. The minimum atomic E-state index is -0.611. The van der Waals surface area contributed by atoms with Crippen LogP contribution in [0.2, 0.25) is 0 Å². The predicted octanol–water partition coefficient (Wildman–Crippen LogP) is 2.10. The standard InChI is InChI=1S/C19H17N3O4/c1-25-17-10-13(7-8-16(17)26-12-18(21)23)9-14(11-20)19(24)22-15-5-3-2-4-6-15/h2-10H,12H2,1H3,(H2,21,23)(H,22,24)/b14-9+. The van der Waals surface area contributed by atoms with Gasteiger partial charge in [0.1, 0.15) is 11.6 Å². The molecule has 7 heteroatoms. The monoisotopic (exact) mass is 351 g/mol. The van der Waals surface area contributed by atoms with Gasteiger partial charge < -0.3 is 20.5 Å². The average Bonchev–Trinajstić information content (AvgIpc) is 2.65. The number of primary amides is 1. The first kappa shape index (κ1) is 18.5. The van der Waals surface area contributed by atoms with Crippen molar-refractivity contribution in [2.45, 2.75) is 0 Å². The van der Waals surface area contributed by atoms with Gasteiger partial charge in [0, 0.05) is 5.69 Å². The van der Waals surface area contributed by atoms with Gasteiger partial charge in [-0.2, -0.15) is 5.26 Å². The molecule has 0 bridgehead atoms. The van der Waals surface area contributed by atoms with E-state index in [2.05, 4.69) is 5.32 Å². The molecule has 3 N–H and O–H groups in total. The van der Waals surface area contributed by atoms with Crippen molar-refractivity contribution in [2.24, 2.45) is 5.73 Å². The summed E-state index contributed by atoms with van der Waals surface area (Å²) in [4.78, 5) is 23.1. The van der Waals surface area contributed by atoms with Gasteiger partial charge in [0.25, 0.3) is 11.8 Å². The van der Waals surface area contributed by atoms with Crippen LogP contribution in [0.25, 0.3) is 6.08 Å². The molecule has 0 saturated heterocycles. The molecule has 0 radical (unpaired) electrons. The van der Waals surface area contributed by atoms with Crippen LogP contribution in [0.4, 0.5) is 5.69 Å². The fourth-order valence-electron chi connectivity index (χ4n) is 2.08. The maximum Gasteiger partial charge on any atom is 0.266 e. The van der Waals surface area contributed by atoms with E-state index in [4.69, 9.17) is 15.2 Å². The molecule has 0 heterocycles. The molecule has 0 spiro atoms. The molecule has 2 aromatic rings. The Morgan fingerprint density at radius 1 is 1.19 bits per heavy atom. The van der Waals surface area contributed by atoms with E-state index in [0.717, 1.165) is 0 Å². The second-order valence-electron chi connectivity index (χ2n) is 5.16. The number of ether oxygens (including phenoxy) is 2. The van der Waals surface area contributed by atoms with Crippen LogP contribution in [0, 0.1) is 11.3 Å². The summed E-state index contributed by atoms with van der Waals surface area (Å²) < 4.78 is 10.4. The van der Waals surface area contributed by atoms with Crippen molar-refractivity contribution < 1.29 is 19.1 Å². The van der Waals surface area contributed by atoms with Crippen molar-refractivity contribution in [2.75, 3.05) is 19.0 Å². The Kier molecular flexibility index (Phi) is 6.34. The Morgan fingerprint density at radius 3 is 2.54 bits per heavy atom. The summed E-state index contributed by atoms with van der Waals surface area (Å²) >= 11 is 0. The highest BCUT2D eigenvalue weighted by molar-refractivity contribution is 6.09. The number of para-hydroxylation sites is 1. The second kappa shape index (κ2) is 8.89. The largest absolute Gasteiger partial charge is 0.493 e. The smallest absolute Gasteiger partial charge is 0.266 e. The quantitative estimate of drug-likeness (QED) is 0.586. The number of anilines is 1. The Morgan fingerprint density at radius 2 is 1.92 bits per heavy atom. The molecule has 0 fully saturated rings. The van der Waals surface area contributed by atoms with Crippen LogP contribution >= 0.6 is 0 Å². The molecule has 7 nitrogen and oxygen atoms in total. The summed E-state index contributed by atoms with van der Waals surface area (Å²) in [6.45, 7) is -0.283.